The summed E-state index contributed by atoms with van der Waals surface area (Å²) in [6.07, 6.45) is 1.75. The lowest BCUT2D eigenvalue weighted by Gasteiger charge is -2.46. The number of nitrogens with one attached hydrogen (secondary N) is 1. The van der Waals surface area contributed by atoms with Gasteiger partial charge in [0, 0.05) is 16.7 Å². The molecule has 1 unspecified atom stereocenters. The topological polar surface area (TPSA) is 32.3 Å². The van der Waals surface area contributed by atoms with E-state index in [2.05, 4.69) is 27.8 Å². The molecule has 0 fully saturated rings. The van der Waals surface area contributed by atoms with Crippen LogP contribution in [0, 0.1) is 0 Å². The Morgan fingerprint density at radius 1 is 1.23 bits per heavy atom. The number of hydrogen-bond acceptors (Lipinski definition) is 2. The molecule has 3 nitrogen and oxygen atoms in total. The number of amides is 1. The standard InChI is InChI=1S/C18H17BrN2O/c1-3-12-21-17(22)15-6-4-5-7-16(15)20-18(21,2)13-8-10-14(19)11-9-13/h3-11,20H,1,12H2,2H3. The first-order valence-electron chi connectivity index (χ1n) is 7.12. The summed E-state index contributed by atoms with van der Waals surface area (Å²) >= 11 is 3.45. The Labute approximate surface area is 138 Å². The molecule has 1 heterocycles. The number of carbonyl (C=O) groups excluding carboxylic acids is 1. The van der Waals surface area contributed by atoms with Crippen molar-refractivity contribution in [1.29, 1.82) is 0 Å². The minimum atomic E-state index is -0.611. The number of carbonyl (C=O) groups is 1. The van der Waals surface area contributed by atoms with Gasteiger partial charge in [0.2, 0.25) is 0 Å². The first-order valence-corrected chi connectivity index (χ1v) is 7.91. The van der Waals surface area contributed by atoms with Crippen LogP contribution < -0.4 is 5.32 Å². The Balaban J connectivity index is 2.14. The molecule has 22 heavy (non-hydrogen) atoms. The summed E-state index contributed by atoms with van der Waals surface area (Å²) in [4.78, 5) is 14.7. The van der Waals surface area contributed by atoms with Crippen molar-refractivity contribution < 1.29 is 4.79 Å². The zero-order chi connectivity index (χ0) is 15.7. The van der Waals surface area contributed by atoms with Gasteiger partial charge < -0.3 is 10.2 Å². The molecule has 1 aliphatic rings. The van der Waals surface area contributed by atoms with Crippen LogP contribution in [0.4, 0.5) is 5.69 Å². The van der Waals surface area contributed by atoms with Gasteiger partial charge in [-0.15, -0.1) is 6.58 Å². The van der Waals surface area contributed by atoms with Gasteiger partial charge >= 0.3 is 0 Å². The highest BCUT2D eigenvalue weighted by Crippen LogP contribution is 2.37. The molecule has 4 heteroatoms. The molecule has 0 aromatic heterocycles. The molecule has 1 atom stereocenters. The van der Waals surface area contributed by atoms with Crippen molar-refractivity contribution in [1.82, 2.24) is 4.90 Å². The maximum Gasteiger partial charge on any atom is 0.258 e. The van der Waals surface area contributed by atoms with Crippen molar-refractivity contribution >= 4 is 27.5 Å². The summed E-state index contributed by atoms with van der Waals surface area (Å²) in [6.45, 7) is 6.29. The number of nitrogens with zero attached hydrogens (tertiary/aromatic N) is 1. The van der Waals surface area contributed by atoms with Crippen LogP contribution in [0.15, 0.2) is 65.7 Å². The van der Waals surface area contributed by atoms with Crippen LogP contribution >= 0.6 is 15.9 Å². The second kappa shape index (κ2) is 5.61. The zero-order valence-corrected chi connectivity index (χ0v) is 13.9. The molecule has 1 N–H and O–H groups in total. The average molecular weight is 357 g/mol. The highest BCUT2D eigenvalue weighted by atomic mass is 79.9. The molecule has 0 bridgehead atoms. The molecule has 0 spiro atoms. The fraction of sp³-hybridized carbons (Fsp3) is 0.167. The van der Waals surface area contributed by atoms with Gasteiger partial charge in [-0.1, -0.05) is 46.3 Å². The first kappa shape index (κ1) is 14.9. The number of hydrogen-bond donors (Lipinski definition) is 1. The molecule has 1 amide bonds. The summed E-state index contributed by atoms with van der Waals surface area (Å²) < 4.78 is 1.01. The SMILES string of the molecule is C=CCN1C(=O)c2ccccc2NC1(C)c1ccc(Br)cc1. The van der Waals surface area contributed by atoms with Crippen molar-refractivity contribution in [2.24, 2.45) is 0 Å². The lowest BCUT2D eigenvalue weighted by Crippen LogP contribution is -2.55. The van der Waals surface area contributed by atoms with Gasteiger partial charge in [-0.2, -0.15) is 0 Å². The average Bonchev–Trinajstić information content (AvgIpc) is 2.52. The number of benzene rings is 2. The van der Waals surface area contributed by atoms with Gasteiger partial charge in [-0.3, -0.25) is 4.79 Å². The summed E-state index contributed by atoms with van der Waals surface area (Å²) in [5.41, 5.74) is 1.97. The molecular weight excluding hydrogens is 340 g/mol. The van der Waals surface area contributed by atoms with Gasteiger partial charge in [0.05, 0.1) is 5.56 Å². The normalized spacial score (nSPS) is 20.3. The highest BCUT2D eigenvalue weighted by molar-refractivity contribution is 9.10. The third-order valence-electron chi connectivity index (χ3n) is 4.04. The monoisotopic (exact) mass is 356 g/mol. The number of halogens is 1. The Kier molecular flexibility index (Phi) is 3.79. The molecule has 1 aliphatic heterocycles. The fourth-order valence-electron chi connectivity index (χ4n) is 2.85. The van der Waals surface area contributed by atoms with Gasteiger partial charge in [-0.25, -0.2) is 0 Å². The minimum Gasteiger partial charge on any atom is -0.358 e. The maximum absolute atomic E-state index is 12.9. The smallest absolute Gasteiger partial charge is 0.258 e. The third kappa shape index (κ3) is 2.33. The molecule has 0 radical (unpaired) electrons. The number of fused-ring (bicyclic) bond motifs is 1. The van der Waals surface area contributed by atoms with E-state index in [-0.39, 0.29) is 5.91 Å². The second-order valence-corrected chi connectivity index (χ2v) is 6.37. The molecule has 0 saturated carbocycles. The van der Waals surface area contributed by atoms with Crippen molar-refractivity contribution in [2.75, 3.05) is 11.9 Å². The number of anilines is 1. The lowest BCUT2D eigenvalue weighted by molar-refractivity contribution is 0.0572. The van der Waals surface area contributed by atoms with E-state index in [0.717, 1.165) is 15.7 Å². The van der Waals surface area contributed by atoms with E-state index in [1.54, 1.807) is 6.08 Å². The zero-order valence-electron chi connectivity index (χ0n) is 12.3. The van der Waals surface area contributed by atoms with E-state index >= 15 is 0 Å². The van der Waals surface area contributed by atoms with Crippen LogP contribution in [0.2, 0.25) is 0 Å². The largest absolute Gasteiger partial charge is 0.358 e. The number of para-hydroxylation sites is 1. The van der Waals surface area contributed by atoms with Gasteiger partial charge in [0.1, 0.15) is 5.66 Å². The molecule has 112 valence electrons. The van der Waals surface area contributed by atoms with E-state index in [9.17, 15) is 4.79 Å². The van der Waals surface area contributed by atoms with E-state index in [0.29, 0.717) is 12.1 Å². The second-order valence-electron chi connectivity index (χ2n) is 5.45. The maximum atomic E-state index is 12.9. The van der Waals surface area contributed by atoms with Crippen molar-refractivity contribution in [3.05, 3.63) is 76.8 Å². The van der Waals surface area contributed by atoms with Crippen LogP contribution in [0.1, 0.15) is 22.8 Å². The molecule has 3 rings (SSSR count). The summed E-state index contributed by atoms with van der Waals surface area (Å²) in [6, 6.07) is 15.6. The Hall–Kier alpha value is -2.07. The van der Waals surface area contributed by atoms with Crippen LogP contribution in [0.3, 0.4) is 0 Å². The summed E-state index contributed by atoms with van der Waals surface area (Å²) in [7, 11) is 0. The number of rotatable bonds is 3. The molecule has 2 aromatic rings. The van der Waals surface area contributed by atoms with E-state index in [1.807, 2.05) is 60.4 Å². The Bertz CT molecular complexity index is 726. The highest BCUT2D eigenvalue weighted by Gasteiger charge is 2.41. The quantitative estimate of drug-likeness (QED) is 0.827. The van der Waals surface area contributed by atoms with E-state index in [4.69, 9.17) is 0 Å². The van der Waals surface area contributed by atoms with Crippen molar-refractivity contribution in [3.63, 3.8) is 0 Å². The third-order valence-corrected chi connectivity index (χ3v) is 4.57. The van der Waals surface area contributed by atoms with Gasteiger partial charge in [-0.05, 0) is 36.8 Å². The lowest BCUT2D eigenvalue weighted by atomic mass is 9.93. The summed E-state index contributed by atoms with van der Waals surface area (Å²) in [5.74, 6) is 0.0136. The van der Waals surface area contributed by atoms with Crippen LogP contribution in [0.5, 0.6) is 0 Å². The predicted octanol–water partition coefficient (Wildman–Crippen LogP) is 4.38. The molecular formula is C18H17BrN2O. The van der Waals surface area contributed by atoms with Crippen molar-refractivity contribution in [2.45, 2.75) is 12.6 Å². The predicted molar refractivity (Wildman–Crippen MR) is 92.8 cm³/mol. The van der Waals surface area contributed by atoms with Crippen LogP contribution in [-0.2, 0) is 5.66 Å². The van der Waals surface area contributed by atoms with Gasteiger partial charge in [0.15, 0.2) is 0 Å². The van der Waals surface area contributed by atoms with E-state index < -0.39 is 5.66 Å². The Morgan fingerprint density at radius 3 is 2.59 bits per heavy atom. The van der Waals surface area contributed by atoms with E-state index in [1.165, 1.54) is 0 Å². The first-order chi connectivity index (χ1) is 10.6. The molecule has 0 aliphatic carbocycles. The van der Waals surface area contributed by atoms with Crippen LogP contribution in [0.25, 0.3) is 0 Å². The summed E-state index contributed by atoms with van der Waals surface area (Å²) in [5, 5.41) is 3.52. The van der Waals surface area contributed by atoms with Gasteiger partial charge in [0.25, 0.3) is 5.91 Å². The fourth-order valence-corrected chi connectivity index (χ4v) is 3.12. The Morgan fingerprint density at radius 2 is 1.91 bits per heavy atom. The van der Waals surface area contributed by atoms with Crippen molar-refractivity contribution in [3.8, 4) is 0 Å². The van der Waals surface area contributed by atoms with Crippen LogP contribution in [-0.4, -0.2) is 17.4 Å². The molecule has 0 saturated heterocycles. The molecule has 2 aromatic carbocycles. The minimum absolute atomic E-state index is 0.0136.